The second kappa shape index (κ2) is 26.0. The van der Waals surface area contributed by atoms with Crippen LogP contribution in [0, 0.1) is 0 Å². The molecule has 6 rings (SSSR count). The Hall–Kier alpha value is -2.22. The molecule has 0 aliphatic carbocycles. The van der Waals surface area contributed by atoms with E-state index in [2.05, 4.69) is 10.6 Å². The summed E-state index contributed by atoms with van der Waals surface area (Å²) in [4.78, 5) is 25.2. The fraction of sp³-hybridized carbons (Fsp3) is 0.950. The van der Waals surface area contributed by atoms with E-state index in [0.29, 0.717) is 0 Å². The van der Waals surface area contributed by atoms with Gasteiger partial charge in [-0.3, -0.25) is 9.59 Å². The van der Waals surface area contributed by atoms with Crippen LogP contribution in [0.4, 0.5) is 0 Å². The van der Waals surface area contributed by atoms with Gasteiger partial charge in [0.25, 0.3) is 0 Å². The fourth-order valence-corrected chi connectivity index (χ4v) is 9.32. The molecule has 33 nitrogen and oxygen atoms in total. The molecular weight excluding hydrogens is 1000 g/mol. The quantitative estimate of drug-likeness (QED) is 0.0606. The van der Waals surface area contributed by atoms with Gasteiger partial charge in [0.05, 0.1) is 39.6 Å². The molecule has 20 N–H and O–H groups in total. The lowest BCUT2D eigenvalue weighted by atomic mass is 9.93. The Labute approximate surface area is 413 Å². The Morgan fingerprint density at radius 2 is 0.671 bits per heavy atom. The monoisotopic (exact) mass is 1070 g/mol. The van der Waals surface area contributed by atoms with Crippen LogP contribution in [-0.2, 0) is 61.7 Å². The minimum atomic E-state index is -2.33. The molecule has 0 aromatic heterocycles. The Morgan fingerprint density at radius 3 is 1.18 bits per heavy atom. The van der Waals surface area contributed by atoms with Crippen LogP contribution in [0.5, 0.6) is 0 Å². The predicted octanol–water partition coefficient (Wildman–Crippen LogP) is -13.8. The second-order valence-electron chi connectivity index (χ2n) is 18.2. The summed E-state index contributed by atoms with van der Waals surface area (Å²) < 4.78 is 63.5. The van der Waals surface area contributed by atoms with Crippen molar-refractivity contribution in [2.45, 2.75) is 198 Å². The minimum absolute atomic E-state index is 0.827. The van der Waals surface area contributed by atoms with E-state index in [9.17, 15) is 102 Å². The lowest BCUT2D eigenvalue weighted by Crippen LogP contribution is -2.71. The van der Waals surface area contributed by atoms with Gasteiger partial charge in [-0.05, 0) is 0 Å². The summed E-state index contributed by atoms with van der Waals surface area (Å²) in [5.74, 6) is -1.70. The van der Waals surface area contributed by atoms with E-state index in [1.807, 2.05) is 0 Å². The van der Waals surface area contributed by atoms with Gasteiger partial charge in [0.2, 0.25) is 11.8 Å². The Balaban J connectivity index is 1.34. The summed E-state index contributed by atoms with van der Waals surface area (Å²) in [6.07, 6.45) is -54.3. The topological polar surface area (TPSA) is 524 Å². The van der Waals surface area contributed by atoms with E-state index in [1.54, 1.807) is 0 Å². The van der Waals surface area contributed by atoms with Crippen LogP contribution in [0.25, 0.3) is 0 Å². The van der Waals surface area contributed by atoms with E-state index in [1.165, 1.54) is 0 Å². The van der Waals surface area contributed by atoms with Gasteiger partial charge in [-0.25, -0.2) is 0 Å². The highest BCUT2D eigenvalue weighted by atomic mass is 16.8. The molecule has 6 aliphatic rings. The number of rotatable bonds is 18. The first kappa shape index (κ1) is 60.0. The zero-order valence-electron chi connectivity index (χ0n) is 38.9. The van der Waals surface area contributed by atoms with Gasteiger partial charge < -0.3 is 155 Å². The summed E-state index contributed by atoms with van der Waals surface area (Å²) in [6, 6.07) is -3.52. The molecule has 0 bridgehead atoms. The third kappa shape index (κ3) is 12.9. The zero-order chi connectivity index (χ0) is 53.9. The molecule has 73 heavy (non-hydrogen) atoms. The predicted molar refractivity (Wildman–Crippen MR) is 222 cm³/mol. The van der Waals surface area contributed by atoms with Gasteiger partial charge in [-0.1, -0.05) is 0 Å². The highest BCUT2D eigenvalue weighted by Crippen LogP contribution is 2.38. The molecule has 2 amide bonds. The first-order chi connectivity index (χ1) is 34.5. The molecule has 0 aromatic rings. The summed E-state index contributed by atoms with van der Waals surface area (Å²) in [5, 5.41) is 197. The van der Waals surface area contributed by atoms with Crippen molar-refractivity contribution in [3.05, 3.63) is 0 Å². The SMILES string of the molecule is CC(=O)N[C@H]1[C@H](O[C@@H]2[C@@H](O)[C@@H](O[C@@H]3[C@H](O)[C@@H](O)[C@H](O[C@H]4[C@H](O)[C@@H](O)[C@H](O)O[C@@H]4CO)O[C@@H]3CO)O[C@H](CO)[C@@H]2O[C@@H]2O[C@H](CO)[C@H](O)[C@H](O[C@@H]3O[C@H](CO)[C@H](O)[C@H](O)[C@H]3O)[C@H]2NC(C)=O)O[C@H](CO)[C@H](O)[C@@H]1O. The molecular formula is C40H68N2O31. The van der Waals surface area contributed by atoms with Crippen molar-refractivity contribution in [1.29, 1.82) is 0 Å². The van der Waals surface area contributed by atoms with E-state index in [-0.39, 0.29) is 0 Å². The number of hydrogen-bond acceptors (Lipinski definition) is 31. The molecule has 0 unspecified atom stereocenters. The maximum absolute atomic E-state index is 12.8. The van der Waals surface area contributed by atoms with Crippen LogP contribution < -0.4 is 10.6 Å². The third-order valence-electron chi connectivity index (χ3n) is 13.2. The summed E-state index contributed by atoms with van der Waals surface area (Å²) in [5.41, 5.74) is 0. The van der Waals surface area contributed by atoms with Crippen molar-refractivity contribution in [3.63, 3.8) is 0 Å². The lowest BCUT2D eigenvalue weighted by Gasteiger charge is -2.52. The van der Waals surface area contributed by atoms with Crippen LogP contribution >= 0.6 is 0 Å². The number of amides is 2. The van der Waals surface area contributed by atoms with Crippen molar-refractivity contribution >= 4 is 11.8 Å². The molecule has 30 atom stereocenters. The largest absolute Gasteiger partial charge is 0.394 e. The standard InChI is InChI=1S/C40H68N2O31/c1-9(49)41-17-22(54)19(51)11(3-43)64-36(17)73-34-29(61)40(70-31-15(7-47)67-39(28(60)25(31)57)69-30-14(6-46)63-35(62)26(58)24(30)56)68-16(8-48)32(34)71-37-18(42-10(2)50)33(21(53)13(5-45)65-37)72-38-27(59)23(55)20(52)12(4-44)66-38/h11-40,43-48,51-62H,3-8H2,1-2H3,(H,41,49)(H,42,50)/t11-,12-,13-,14-,15-,16-,17-,18-,19+,20+,21+,22-,23+,24-,25-,26-,27-,28-,29-,30-,31+,32+,33-,34-,35-,36+,37+,38+,39+,40-/m1/s1. The number of carbonyl (C=O) groups is 2. The van der Waals surface area contributed by atoms with E-state index >= 15 is 0 Å². The van der Waals surface area contributed by atoms with E-state index in [4.69, 9.17) is 52.1 Å². The number of hydrogen-bond donors (Lipinski definition) is 20. The van der Waals surface area contributed by atoms with E-state index < -0.39 is 236 Å². The van der Waals surface area contributed by atoms with Crippen LogP contribution in [0.15, 0.2) is 0 Å². The molecule has 6 fully saturated rings. The third-order valence-corrected chi connectivity index (χ3v) is 13.2. The van der Waals surface area contributed by atoms with Gasteiger partial charge in [0.15, 0.2) is 37.7 Å². The minimum Gasteiger partial charge on any atom is -0.394 e. The Bertz CT molecular complexity index is 1740. The number of aliphatic hydroxyl groups is 18. The Morgan fingerprint density at radius 1 is 0.329 bits per heavy atom. The molecule has 0 saturated carbocycles. The van der Waals surface area contributed by atoms with Gasteiger partial charge in [0, 0.05) is 13.8 Å². The second-order valence-corrected chi connectivity index (χ2v) is 18.2. The van der Waals surface area contributed by atoms with Gasteiger partial charge in [0.1, 0.15) is 146 Å². The molecule has 6 heterocycles. The first-order valence-corrected chi connectivity index (χ1v) is 23.1. The van der Waals surface area contributed by atoms with Crippen molar-refractivity contribution in [2.75, 3.05) is 39.6 Å². The number of aliphatic hydroxyl groups excluding tert-OH is 18. The molecule has 0 radical (unpaired) electrons. The van der Waals surface area contributed by atoms with Crippen molar-refractivity contribution < 1.29 is 154 Å². The number of nitrogens with one attached hydrogen (secondary N) is 2. The normalized spacial score (nSPS) is 49.8. The Kier molecular flexibility index (Phi) is 21.3. The summed E-state index contributed by atoms with van der Waals surface area (Å²) in [7, 11) is 0. The zero-order valence-corrected chi connectivity index (χ0v) is 38.9. The van der Waals surface area contributed by atoms with E-state index in [0.717, 1.165) is 13.8 Å². The van der Waals surface area contributed by atoms with Crippen molar-refractivity contribution in [2.24, 2.45) is 0 Å². The maximum Gasteiger partial charge on any atom is 0.217 e. The summed E-state index contributed by atoms with van der Waals surface area (Å²) >= 11 is 0. The molecule has 33 heteroatoms. The smallest absolute Gasteiger partial charge is 0.217 e. The highest BCUT2D eigenvalue weighted by molar-refractivity contribution is 5.73. The van der Waals surface area contributed by atoms with Crippen LogP contribution in [-0.4, -0.2) is 327 Å². The molecule has 6 saturated heterocycles. The van der Waals surface area contributed by atoms with Crippen molar-refractivity contribution in [3.8, 4) is 0 Å². The molecule has 0 aromatic carbocycles. The lowest BCUT2D eigenvalue weighted by molar-refractivity contribution is -0.398. The first-order valence-electron chi connectivity index (χ1n) is 23.1. The number of ether oxygens (including phenoxy) is 11. The number of carbonyl (C=O) groups excluding carboxylic acids is 2. The fourth-order valence-electron chi connectivity index (χ4n) is 9.32. The van der Waals surface area contributed by atoms with Crippen LogP contribution in [0.3, 0.4) is 0 Å². The molecule has 0 spiro atoms. The van der Waals surface area contributed by atoms with Crippen molar-refractivity contribution in [1.82, 2.24) is 10.6 Å². The average Bonchev–Trinajstić information content (AvgIpc) is 3.36. The maximum atomic E-state index is 12.8. The molecule has 6 aliphatic heterocycles. The molecule has 424 valence electrons. The van der Waals surface area contributed by atoms with Gasteiger partial charge in [-0.15, -0.1) is 0 Å². The summed E-state index contributed by atoms with van der Waals surface area (Å²) in [6.45, 7) is -4.00. The highest BCUT2D eigenvalue weighted by Gasteiger charge is 2.59. The van der Waals surface area contributed by atoms with Crippen LogP contribution in [0.2, 0.25) is 0 Å². The van der Waals surface area contributed by atoms with Gasteiger partial charge >= 0.3 is 0 Å². The van der Waals surface area contributed by atoms with Crippen LogP contribution in [0.1, 0.15) is 13.8 Å². The van der Waals surface area contributed by atoms with Gasteiger partial charge in [-0.2, -0.15) is 0 Å². The average molecular weight is 1070 g/mol.